The highest BCUT2D eigenvalue weighted by Gasteiger charge is 2.27. The second kappa shape index (κ2) is 5.63. The smallest absolute Gasteiger partial charge is 0.271 e. The lowest BCUT2D eigenvalue weighted by atomic mass is 9.94. The van der Waals surface area contributed by atoms with E-state index in [1.54, 1.807) is 0 Å². The second-order valence-electron chi connectivity index (χ2n) is 4.35. The summed E-state index contributed by atoms with van der Waals surface area (Å²) in [5, 5.41) is 3.16. The molecule has 0 saturated carbocycles. The Morgan fingerprint density at radius 3 is 2.68 bits per heavy atom. The highest BCUT2D eigenvalue weighted by molar-refractivity contribution is 6.32. The topological polar surface area (TPSA) is 57.8 Å². The van der Waals surface area contributed by atoms with Gasteiger partial charge in [-0.15, -0.1) is 11.6 Å². The van der Waals surface area contributed by atoms with Crippen molar-refractivity contribution in [1.29, 1.82) is 0 Å². The van der Waals surface area contributed by atoms with Gasteiger partial charge >= 0.3 is 0 Å². The number of hydrogen-bond donors (Lipinski definition) is 2. The summed E-state index contributed by atoms with van der Waals surface area (Å²) in [7, 11) is 0. The van der Waals surface area contributed by atoms with Crippen LogP contribution in [0.25, 0.3) is 0 Å². The highest BCUT2D eigenvalue weighted by atomic mass is 35.5. The predicted octanol–water partition coefficient (Wildman–Crippen LogP) is 2.99. The lowest BCUT2D eigenvalue weighted by Gasteiger charge is -2.30. The van der Waals surface area contributed by atoms with E-state index in [4.69, 9.17) is 23.2 Å². The van der Waals surface area contributed by atoms with E-state index in [2.05, 4.69) is 15.3 Å². The summed E-state index contributed by atoms with van der Waals surface area (Å²) in [6.45, 7) is 1.93. The van der Waals surface area contributed by atoms with Gasteiger partial charge in [-0.2, -0.15) is 0 Å². The van der Waals surface area contributed by atoms with Crippen LogP contribution in [0.1, 0.15) is 12.5 Å². The van der Waals surface area contributed by atoms with E-state index in [0.29, 0.717) is 11.7 Å². The molecule has 19 heavy (non-hydrogen) atoms. The lowest BCUT2D eigenvalue weighted by Crippen LogP contribution is -2.35. The summed E-state index contributed by atoms with van der Waals surface area (Å²) < 4.78 is 0. The molecule has 2 N–H and O–H groups in total. The monoisotopic (exact) mass is 297 g/mol. The van der Waals surface area contributed by atoms with Crippen molar-refractivity contribution in [3.05, 3.63) is 57.6 Å². The number of H-pyrrole nitrogens is 1. The van der Waals surface area contributed by atoms with Gasteiger partial charge in [-0.3, -0.25) is 4.79 Å². The molecule has 0 spiro atoms. The molecule has 1 atom stereocenters. The van der Waals surface area contributed by atoms with Gasteiger partial charge in [0.1, 0.15) is 5.02 Å². The molecule has 0 radical (unpaired) electrons. The Bertz CT molecular complexity index is 615. The van der Waals surface area contributed by atoms with E-state index in [9.17, 15) is 4.79 Å². The minimum absolute atomic E-state index is 0.0229. The zero-order valence-electron chi connectivity index (χ0n) is 10.3. The Hall–Kier alpha value is -1.52. The first-order chi connectivity index (χ1) is 9.07. The molecule has 1 unspecified atom stereocenters. The van der Waals surface area contributed by atoms with Gasteiger partial charge in [-0.05, 0) is 12.5 Å². The molecule has 0 aliphatic rings. The standard InChI is InChI=1S/C13H13Cl2N3O/c1-13(7-14,9-5-3-2-4-6-9)18-11-10(15)12(19)17-8-16-11/h2-6,8H,7H2,1H3,(H2,16,17,18,19). The molecule has 2 aromatic rings. The fourth-order valence-corrected chi connectivity index (χ4v) is 2.09. The van der Waals surface area contributed by atoms with Gasteiger partial charge in [0.2, 0.25) is 0 Å². The quantitative estimate of drug-likeness (QED) is 0.853. The zero-order valence-corrected chi connectivity index (χ0v) is 11.8. The van der Waals surface area contributed by atoms with Crippen LogP contribution in [0.4, 0.5) is 5.82 Å². The molecule has 1 aromatic carbocycles. The molecule has 0 fully saturated rings. The van der Waals surface area contributed by atoms with Crippen LogP contribution in [-0.2, 0) is 5.54 Å². The summed E-state index contributed by atoms with van der Waals surface area (Å²) in [5.41, 5.74) is 0.0417. The number of anilines is 1. The minimum Gasteiger partial charge on any atom is -0.358 e. The van der Waals surface area contributed by atoms with Crippen LogP contribution >= 0.6 is 23.2 Å². The van der Waals surface area contributed by atoms with Crippen molar-refractivity contribution in [2.75, 3.05) is 11.2 Å². The average Bonchev–Trinajstić information content (AvgIpc) is 2.45. The Kier molecular flexibility index (Phi) is 4.12. The van der Waals surface area contributed by atoms with Crippen molar-refractivity contribution in [3.63, 3.8) is 0 Å². The molecule has 0 saturated heterocycles. The number of alkyl halides is 1. The zero-order chi connectivity index (χ0) is 13.9. The number of hydrogen-bond acceptors (Lipinski definition) is 3. The Morgan fingerprint density at radius 1 is 1.37 bits per heavy atom. The van der Waals surface area contributed by atoms with E-state index in [0.717, 1.165) is 5.56 Å². The van der Waals surface area contributed by atoms with E-state index < -0.39 is 5.54 Å². The SMILES string of the molecule is CC(CCl)(Nc1nc[nH]c(=O)c1Cl)c1ccccc1. The first-order valence-corrected chi connectivity index (χ1v) is 6.61. The van der Waals surface area contributed by atoms with Gasteiger partial charge in [-0.25, -0.2) is 4.98 Å². The van der Waals surface area contributed by atoms with Crippen LogP contribution in [0.5, 0.6) is 0 Å². The first kappa shape index (κ1) is 13.9. The Balaban J connectivity index is 2.39. The minimum atomic E-state index is -0.562. The maximum Gasteiger partial charge on any atom is 0.271 e. The third kappa shape index (κ3) is 2.91. The van der Waals surface area contributed by atoms with Gasteiger partial charge in [0.05, 0.1) is 11.9 Å². The van der Waals surface area contributed by atoms with Gasteiger partial charge in [0.15, 0.2) is 5.82 Å². The normalized spacial score (nSPS) is 13.8. The maximum atomic E-state index is 11.5. The molecule has 1 aromatic heterocycles. The Morgan fingerprint density at radius 2 is 2.05 bits per heavy atom. The molecule has 0 aliphatic heterocycles. The number of aromatic amines is 1. The molecule has 4 nitrogen and oxygen atoms in total. The van der Waals surface area contributed by atoms with E-state index in [-0.39, 0.29) is 10.6 Å². The van der Waals surface area contributed by atoms with Crippen molar-refractivity contribution in [2.24, 2.45) is 0 Å². The van der Waals surface area contributed by atoms with Crippen molar-refractivity contribution < 1.29 is 0 Å². The summed E-state index contributed by atoms with van der Waals surface area (Å²) in [6, 6.07) is 9.69. The number of benzene rings is 1. The molecule has 100 valence electrons. The van der Waals surface area contributed by atoms with Crippen molar-refractivity contribution in [2.45, 2.75) is 12.5 Å². The first-order valence-electron chi connectivity index (χ1n) is 5.70. The molecule has 2 rings (SSSR count). The summed E-state index contributed by atoms with van der Waals surface area (Å²) >= 11 is 12.0. The molecule has 0 aliphatic carbocycles. The van der Waals surface area contributed by atoms with Crippen LogP contribution in [0.15, 0.2) is 41.5 Å². The molecule has 1 heterocycles. The molecular formula is C13H13Cl2N3O. The summed E-state index contributed by atoms with van der Waals surface area (Å²) in [6.07, 6.45) is 1.30. The number of rotatable bonds is 4. The van der Waals surface area contributed by atoms with Crippen LogP contribution < -0.4 is 10.9 Å². The number of aromatic nitrogens is 2. The predicted molar refractivity (Wildman–Crippen MR) is 78.0 cm³/mol. The fraction of sp³-hybridized carbons (Fsp3) is 0.231. The van der Waals surface area contributed by atoms with Crippen LogP contribution in [-0.4, -0.2) is 15.8 Å². The summed E-state index contributed by atoms with van der Waals surface area (Å²) in [4.78, 5) is 17.9. The van der Waals surface area contributed by atoms with Crippen LogP contribution in [0.3, 0.4) is 0 Å². The molecule has 0 bridgehead atoms. The number of halogens is 2. The van der Waals surface area contributed by atoms with E-state index >= 15 is 0 Å². The molecule has 0 amide bonds. The van der Waals surface area contributed by atoms with Crippen LogP contribution in [0.2, 0.25) is 5.02 Å². The molecule has 6 heteroatoms. The number of nitrogens with zero attached hydrogens (tertiary/aromatic N) is 1. The molecular weight excluding hydrogens is 285 g/mol. The Labute approximate surface area is 120 Å². The summed E-state index contributed by atoms with van der Waals surface area (Å²) in [5.74, 6) is 0.624. The van der Waals surface area contributed by atoms with Crippen molar-refractivity contribution >= 4 is 29.0 Å². The lowest BCUT2D eigenvalue weighted by molar-refractivity contribution is 0.613. The third-order valence-corrected chi connectivity index (χ3v) is 3.75. The highest BCUT2D eigenvalue weighted by Crippen LogP contribution is 2.28. The van der Waals surface area contributed by atoms with Gasteiger partial charge < -0.3 is 10.3 Å². The fourth-order valence-electron chi connectivity index (χ4n) is 1.72. The van der Waals surface area contributed by atoms with E-state index in [1.165, 1.54) is 6.33 Å². The number of nitrogens with one attached hydrogen (secondary N) is 2. The van der Waals surface area contributed by atoms with Gasteiger partial charge in [0, 0.05) is 5.88 Å². The van der Waals surface area contributed by atoms with Crippen molar-refractivity contribution in [1.82, 2.24) is 9.97 Å². The second-order valence-corrected chi connectivity index (χ2v) is 5.00. The van der Waals surface area contributed by atoms with Gasteiger partial charge in [0.25, 0.3) is 5.56 Å². The maximum absolute atomic E-state index is 11.5. The largest absolute Gasteiger partial charge is 0.358 e. The average molecular weight is 298 g/mol. The third-order valence-electron chi connectivity index (χ3n) is 2.87. The van der Waals surface area contributed by atoms with E-state index in [1.807, 2.05) is 37.3 Å². The van der Waals surface area contributed by atoms with Gasteiger partial charge in [-0.1, -0.05) is 41.9 Å². The van der Waals surface area contributed by atoms with Crippen LogP contribution in [0, 0.1) is 0 Å². The van der Waals surface area contributed by atoms with Crippen molar-refractivity contribution in [3.8, 4) is 0 Å².